The summed E-state index contributed by atoms with van der Waals surface area (Å²) >= 11 is 0. The van der Waals surface area contributed by atoms with Gasteiger partial charge >= 0.3 is 12.0 Å². The molecule has 5 heteroatoms. The van der Waals surface area contributed by atoms with Crippen LogP contribution in [0.5, 0.6) is 0 Å². The van der Waals surface area contributed by atoms with Crippen LogP contribution in [0.3, 0.4) is 0 Å². The zero-order chi connectivity index (χ0) is 12.7. The summed E-state index contributed by atoms with van der Waals surface area (Å²) in [6, 6.07) is -0.227. The Labute approximate surface area is 102 Å². The maximum Gasteiger partial charge on any atom is 0.314 e. The maximum atomic E-state index is 11.4. The van der Waals surface area contributed by atoms with E-state index >= 15 is 0 Å². The van der Waals surface area contributed by atoms with E-state index in [1.54, 1.807) is 0 Å². The van der Waals surface area contributed by atoms with Gasteiger partial charge in [-0.3, -0.25) is 4.79 Å². The number of esters is 1. The molecule has 5 nitrogen and oxygen atoms in total. The van der Waals surface area contributed by atoms with Crippen LogP contribution in [-0.2, 0) is 9.53 Å². The van der Waals surface area contributed by atoms with Crippen molar-refractivity contribution < 1.29 is 14.3 Å². The van der Waals surface area contributed by atoms with Crippen LogP contribution < -0.4 is 10.6 Å². The minimum Gasteiger partial charge on any atom is -0.464 e. The monoisotopic (exact) mass is 242 g/mol. The number of carbonyl (C=O) groups is 2. The Kier molecular flexibility index (Phi) is 5.80. The lowest BCUT2D eigenvalue weighted by molar-refractivity contribution is -0.144. The Morgan fingerprint density at radius 3 is 2.65 bits per heavy atom. The molecular weight excluding hydrogens is 220 g/mol. The molecule has 1 rings (SSSR count). The number of rotatable bonds is 7. The molecule has 1 aliphatic rings. The molecule has 1 fully saturated rings. The first-order valence-electron chi connectivity index (χ1n) is 6.30. The molecule has 0 bridgehead atoms. The molecule has 0 aromatic carbocycles. The smallest absolute Gasteiger partial charge is 0.314 e. The van der Waals surface area contributed by atoms with Crippen molar-refractivity contribution in [3.8, 4) is 0 Å². The van der Waals surface area contributed by atoms with Crippen molar-refractivity contribution in [3.63, 3.8) is 0 Å². The number of urea groups is 1. The summed E-state index contributed by atoms with van der Waals surface area (Å²) in [5, 5.41) is 5.20. The molecule has 1 aliphatic carbocycles. The third kappa shape index (κ3) is 6.14. The summed E-state index contributed by atoms with van der Waals surface area (Å²) < 4.78 is 5.04. The van der Waals surface area contributed by atoms with Gasteiger partial charge in [-0.15, -0.1) is 0 Å². The highest BCUT2D eigenvalue weighted by Gasteiger charge is 2.29. The molecule has 1 saturated carbocycles. The molecule has 0 spiro atoms. The summed E-state index contributed by atoms with van der Waals surface area (Å²) in [5.41, 5.74) is 0. The Bertz CT molecular complexity index is 264. The van der Waals surface area contributed by atoms with Gasteiger partial charge in [-0.25, -0.2) is 4.79 Å². The highest BCUT2D eigenvalue weighted by molar-refractivity contribution is 5.73. The molecule has 0 aliphatic heterocycles. The van der Waals surface area contributed by atoms with Gasteiger partial charge in [-0.2, -0.15) is 0 Å². The van der Waals surface area contributed by atoms with E-state index in [0.717, 1.165) is 5.92 Å². The SMILES string of the molecule is CCNC(=O)NCCOC(=O)C[C@H](C)C1CC1. The molecule has 0 heterocycles. The summed E-state index contributed by atoms with van der Waals surface area (Å²) in [4.78, 5) is 22.4. The Hall–Kier alpha value is -1.26. The van der Waals surface area contributed by atoms with Crippen LogP contribution >= 0.6 is 0 Å². The predicted octanol–water partition coefficient (Wildman–Crippen LogP) is 1.28. The fourth-order valence-electron chi connectivity index (χ4n) is 1.71. The second kappa shape index (κ2) is 7.14. The molecule has 0 aromatic rings. The van der Waals surface area contributed by atoms with Gasteiger partial charge in [0.15, 0.2) is 0 Å². The van der Waals surface area contributed by atoms with Gasteiger partial charge in [0.1, 0.15) is 6.61 Å². The quantitative estimate of drug-likeness (QED) is 0.522. The van der Waals surface area contributed by atoms with E-state index in [0.29, 0.717) is 25.4 Å². The lowest BCUT2D eigenvalue weighted by atomic mass is 10.0. The Balaban J connectivity index is 1.97. The van der Waals surface area contributed by atoms with Crippen molar-refractivity contribution in [2.75, 3.05) is 19.7 Å². The molecule has 1 atom stereocenters. The van der Waals surface area contributed by atoms with E-state index < -0.39 is 0 Å². The van der Waals surface area contributed by atoms with E-state index in [2.05, 4.69) is 17.6 Å². The van der Waals surface area contributed by atoms with E-state index in [1.165, 1.54) is 12.8 Å². The number of amides is 2. The topological polar surface area (TPSA) is 67.4 Å². The third-order valence-electron chi connectivity index (χ3n) is 2.90. The summed E-state index contributed by atoms with van der Waals surface area (Å²) in [6.45, 7) is 5.12. The second-order valence-electron chi connectivity index (χ2n) is 4.53. The van der Waals surface area contributed by atoms with Gasteiger partial charge in [0.25, 0.3) is 0 Å². The van der Waals surface area contributed by atoms with Gasteiger partial charge in [0.2, 0.25) is 0 Å². The zero-order valence-corrected chi connectivity index (χ0v) is 10.6. The minimum absolute atomic E-state index is 0.165. The average molecular weight is 242 g/mol. The largest absolute Gasteiger partial charge is 0.464 e. The van der Waals surface area contributed by atoms with Gasteiger partial charge in [-0.1, -0.05) is 6.92 Å². The van der Waals surface area contributed by atoms with Crippen LogP contribution in [0.15, 0.2) is 0 Å². The van der Waals surface area contributed by atoms with Crippen LogP contribution in [0.4, 0.5) is 4.79 Å². The summed E-state index contributed by atoms with van der Waals surface area (Å²) in [5.74, 6) is 0.983. The molecule has 98 valence electrons. The molecule has 0 unspecified atom stereocenters. The summed E-state index contributed by atoms with van der Waals surface area (Å²) in [6.07, 6.45) is 2.98. The average Bonchev–Trinajstić information content (AvgIpc) is 3.08. The third-order valence-corrected chi connectivity index (χ3v) is 2.90. The van der Waals surface area contributed by atoms with Crippen molar-refractivity contribution in [1.82, 2.24) is 10.6 Å². The van der Waals surface area contributed by atoms with Crippen molar-refractivity contribution >= 4 is 12.0 Å². The number of hydrogen-bond donors (Lipinski definition) is 2. The Morgan fingerprint density at radius 1 is 1.35 bits per heavy atom. The van der Waals surface area contributed by atoms with Crippen LogP contribution in [0.2, 0.25) is 0 Å². The number of hydrogen-bond acceptors (Lipinski definition) is 3. The lowest BCUT2D eigenvalue weighted by Gasteiger charge is -2.10. The zero-order valence-electron chi connectivity index (χ0n) is 10.6. The predicted molar refractivity (Wildman–Crippen MR) is 64.5 cm³/mol. The normalized spacial score (nSPS) is 16.1. The van der Waals surface area contributed by atoms with Crippen molar-refractivity contribution in [3.05, 3.63) is 0 Å². The van der Waals surface area contributed by atoms with Gasteiger partial charge < -0.3 is 15.4 Å². The standard InChI is InChI=1S/C12H22N2O3/c1-3-13-12(16)14-6-7-17-11(15)8-9(2)10-4-5-10/h9-10H,3-8H2,1-2H3,(H2,13,14,16)/t9-/m0/s1. The molecule has 2 amide bonds. The lowest BCUT2D eigenvalue weighted by Crippen LogP contribution is -2.37. The first-order valence-corrected chi connectivity index (χ1v) is 6.30. The number of nitrogens with one attached hydrogen (secondary N) is 2. The Morgan fingerprint density at radius 2 is 2.06 bits per heavy atom. The van der Waals surface area contributed by atoms with Crippen molar-refractivity contribution in [2.24, 2.45) is 11.8 Å². The van der Waals surface area contributed by atoms with Crippen LogP contribution in [0.1, 0.15) is 33.1 Å². The first kappa shape index (κ1) is 13.8. The minimum atomic E-state index is -0.227. The molecule has 0 radical (unpaired) electrons. The van der Waals surface area contributed by atoms with Gasteiger partial charge in [0.05, 0.1) is 6.54 Å². The highest BCUT2D eigenvalue weighted by Crippen LogP contribution is 2.38. The van der Waals surface area contributed by atoms with Crippen molar-refractivity contribution in [1.29, 1.82) is 0 Å². The fourth-order valence-corrected chi connectivity index (χ4v) is 1.71. The molecule has 0 saturated heterocycles. The molecule has 17 heavy (non-hydrogen) atoms. The van der Waals surface area contributed by atoms with Crippen LogP contribution in [0, 0.1) is 11.8 Å². The highest BCUT2D eigenvalue weighted by atomic mass is 16.5. The summed E-state index contributed by atoms with van der Waals surface area (Å²) in [7, 11) is 0. The van der Waals surface area contributed by atoms with E-state index in [4.69, 9.17) is 4.74 Å². The van der Waals surface area contributed by atoms with Crippen molar-refractivity contribution in [2.45, 2.75) is 33.1 Å². The molecule has 0 aromatic heterocycles. The van der Waals surface area contributed by atoms with Crippen LogP contribution in [-0.4, -0.2) is 31.7 Å². The van der Waals surface area contributed by atoms with E-state index in [9.17, 15) is 9.59 Å². The number of ether oxygens (including phenoxy) is 1. The maximum absolute atomic E-state index is 11.4. The van der Waals surface area contributed by atoms with E-state index in [-0.39, 0.29) is 18.6 Å². The number of carbonyl (C=O) groups excluding carboxylic acids is 2. The second-order valence-corrected chi connectivity index (χ2v) is 4.53. The molecular formula is C12H22N2O3. The molecule has 2 N–H and O–H groups in total. The fraction of sp³-hybridized carbons (Fsp3) is 0.833. The van der Waals surface area contributed by atoms with Gasteiger partial charge in [-0.05, 0) is 31.6 Å². The first-order chi connectivity index (χ1) is 8.13. The van der Waals surface area contributed by atoms with Crippen LogP contribution in [0.25, 0.3) is 0 Å². The van der Waals surface area contributed by atoms with E-state index in [1.807, 2.05) is 6.92 Å². The van der Waals surface area contributed by atoms with Gasteiger partial charge in [0, 0.05) is 13.0 Å².